The van der Waals surface area contributed by atoms with Gasteiger partial charge in [0.15, 0.2) is 0 Å². The minimum atomic E-state index is -3.34. The highest BCUT2D eigenvalue weighted by atomic mass is 32.2. The Hall–Kier alpha value is -1.62. The number of hydrogen-bond donors (Lipinski definition) is 1. The number of pyridine rings is 1. The lowest BCUT2D eigenvalue weighted by Crippen LogP contribution is -2.13. The van der Waals surface area contributed by atoms with Crippen LogP contribution in [0.15, 0.2) is 24.4 Å². The summed E-state index contributed by atoms with van der Waals surface area (Å²) in [6.07, 6.45) is 2.96. The number of hydrogen-bond acceptors (Lipinski definition) is 3. The molecule has 0 saturated carbocycles. The number of nitrogens with zero attached hydrogens (tertiary/aromatic N) is 1. The normalized spacial score (nSPS) is 12.3. The number of para-hydroxylation sites is 1. The molecule has 0 spiro atoms. The van der Waals surface area contributed by atoms with Crippen LogP contribution in [0, 0.1) is 0 Å². The average molecular weight is 306 g/mol. The fourth-order valence-corrected chi connectivity index (χ4v) is 3.06. The van der Waals surface area contributed by atoms with Crippen LogP contribution < -0.4 is 4.72 Å². The van der Waals surface area contributed by atoms with Crippen molar-refractivity contribution >= 4 is 26.6 Å². The Morgan fingerprint density at radius 1 is 1.05 bits per heavy atom. The molecule has 5 heteroatoms. The molecule has 1 aromatic carbocycles. The van der Waals surface area contributed by atoms with Crippen molar-refractivity contribution in [1.29, 1.82) is 0 Å². The molecule has 0 amide bonds. The summed E-state index contributed by atoms with van der Waals surface area (Å²) in [5.41, 5.74) is 3.55. The minimum Gasteiger partial charge on any atom is -0.283 e. The van der Waals surface area contributed by atoms with Crippen molar-refractivity contribution < 1.29 is 8.42 Å². The molecule has 114 valence electrons. The maximum absolute atomic E-state index is 11.7. The third kappa shape index (κ3) is 3.35. The molecule has 0 atom stereocenters. The van der Waals surface area contributed by atoms with Gasteiger partial charge in [-0.2, -0.15) is 0 Å². The Bertz CT molecular complexity index is 765. The summed E-state index contributed by atoms with van der Waals surface area (Å²) in [5, 5.41) is 0.859. The maximum atomic E-state index is 11.7. The van der Waals surface area contributed by atoms with E-state index < -0.39 is 10.0 Å². The van der Waals surface area contributed by atoms with Crippen molar-refractivity contribution in [3.05, 3.63) is 35.5 Å². The number of nitrogens with one attached hydrogen (secondary N) is 1. The van der Waals surface area contributed by atoms with Crippen LogP contribution in [0.2, 0.25) is 0 Å². The predicted molar refractivity (Wildman–Crippen MR) is 88.4 cm³/mol. The number of anilines is 1. The summed E-state index contributed by atoms with van der Waals surface area (Å²) in [4.78, 5) is 4.58. The second kappa shape index (κ2) is 5.64. The standard InChI is InChI=1S/C16H22N2O2S/c1-10(2)12-7-6-8-13-15(12)17-9-14(11(3)4)16(13)18-21(5,19)20/h6-11H,1-5H3,(H,17,18). The topological polar surface area (TPSA) is 59.1 Å². The molecule has 0 saturated heterocycles. The first-order chi connectivity index (χ1) is 9.70. The van der Waals surface area contributed by atoms with Gasteiger partial charge < -0.3 is 0 Å². The van der Waals surface area contributed by atoms with Crippen molar-refractivity contribution in [3.63, 3.8) is 0 Å². The van der Waals surface area contributed by atoms with E-state index in [1.807, 2.05) is 32.0 Å². The van der Waals surface area contributed by atoms with E-state index in [2.05, 4.69) is 23.6 Å². The molecule has 0 aliphatic rings. The molecule has 1 aromatic heterocycles. The molecular weight excluding hydrogens is 284 g/mol. The van der Waals surface area contributed by atoms with E-state index >= 15 is 0 Å². The van der Waals surface area contributed by atoms with E-state index in [9.17, 15) is 8.42 Å². The summed E-state index contributed by atoms with van der Waals surface area (Å²) in [7, 11) is -3.34. The Balaban J connectivity index is 2.82. The number of fused-ring (bicyclic) bond motifs is 1. The third-order valence-corrected chi connectivity index (χ3v) is 4.06. The van der Waals surface area contributed by atoms with Gasteiger partial charge in [-0.05, 0) is 23.0 Å². The van der Waals surface area contributed by atoms with Crippen LogP contribution in [0.4, 0.5) is 5.69 Å². The van der Waals surface area contributed by atoms with Crippen LogP contribution in [0.1, 0.15) is 50.7 Å². The summed E-state index contributed by atoms with van der Waals surface area (Å²) >= 11 is 0. The van der Waals surface area contributed by atoms with Gasteiger partial charge in [-0.25, -0.2) is 8.42 Å². The van der Waals surface area contributed by atoms with Gasteiger partial charge in [0, 0.05) is 11.6 Å². The van der Waals surface area contributed by atoms with Crippen molar-refractivity contribution in [3.8, 4) is 0 Å². The van der Waals surface area contributed by atoms with Crippen LogP contribution in [0.3, 0.4) is 0 Å². The van der Waals surface area contributed by atoms with Gasteiger partial charge in [0.05, 0.1) is 17.5 Å². The van der Waals surface area contributed by atoms with Gasteiger partial charge in [-0.15, -0.1) is 0 Å². The van der Waals surface area contributed by atoms with Crippen molar-refractivity contribution in [2.45, 2.75) is 39.5 Å². The number of aromatic nitrogens is 1. The minimum absolute atomic E-state index is 0.189. The quantitative estimate of drug-likeness (QED) is 0.933. The van der Waals surface area contributed by atoms with E-state index in [-0.39, 0.29) is 5.92 Å². The molecule has 21 heavy (non-hydrogen) atoms. The second-order valence-corrected chi connectivity index (χ2v) is 7.76. The summed E-state index contributed by atoms with van der Waals surface area (Å²) < 4.78 is 26.1. The summed E-state index contributed by atoms with van der Waals surface area (Å²) in [6, 6.07) is 5.92. The highest BCUT2D eigenvalue weighted by Gasteiger charge is 2.17. The molecular formula is C16H22N2O2S. The highest BCUT2D eigenvalue weighted by molar-refractivity contribution is 7.92. The molecule has 0 fully saturated rings. The van der Waals surface area contributed by atoms with Gasteiger partial charge in [0.25, 0.3) is 0 Å². The fraction of sp³-hybridized carbons (Fsp3) is 0.438. The SMILES string of the molecule is CC(C)c1cnc2c(C(C)C)cccc2c1NS(C)(=O)=O. The van der Waals surface area contributed by atoms with Gasteiger partial charge in [0.2, 0.25) is 10.0 Å². The van der Waals surface area contributed by atoms with Crippen molar-refractivity contribution in [2.75, 3.05) is 11.0 Å². The molecule has 0 bridgehead atoms. The molecule has 1 N–H and O–H groups in total. The number of sulfonamides is 1. The van der Waals surface area contributed by atoms with E-state index in [1.165, 1.54) is 6.26 Å². The first-order valence-corrected chi connectivity index (χ1v) is 8.99. The van der Waals surface area contributed by atoms with Crippen molar-refractivity contribution in [2.24, 2.45) is 0 Å². The van der Waals surface area contributed by atoms with Gasteiger partial charge in [-0.1, -0.05) is 45.9 Å². The monoisotopic (exact) mass is 306 g/mol. The van der Waals surface area contributed by atoms with Gasteiger partial charge in [-0.3, -0.25) is 9.71 Å². The van der Waals surface area contributed by atoms with E-state index in [0.29, 0.717) is 11.6 Å². The Morgan fingerprint density at radius 3 is 2.19 bits per heavy atom. The van der Waals surface area contributed by atoms with E-state index in [4.69, 9.17) is 0 Å². The van der Waals surface area contributed by atoms with Crippen molar-refractivity contribution in [1.82, 2.24) is 4.98 Å². The van der Waals surface area contributed by atoms with Gasteiger partial charge in [0.1, 0.15) is 0 Å². The molecule has 4 nitrogen and oxygen atoms in total. The number of benzene rings is 1. The molecule has 1 heterocycles. The molecule has 0 radical (unpaired) electrons. The van der Waals surface area contributed by atoms with E-state index in [0.717, 1.165) is 22.0 Å². The molecule has 2 aromatic rings. The molecule has 0 aliphatic heterocycles. The van der Waals surface area contributed by atoms with Crippen LogP contribution in [-0.2, 0) is 10.0 Å². The largest absolute Gasteiger partial charge is 0.283 e. The molecule has 0 aliphatic carbocycles. The predicted octanol–water partition coefficient (Wildman–Crippen LogP) is 3.85. The zero-order valence-electron chi connectivity index (χ0n) is 13.1. The zero-order chi connectivity index (χ0) is 15.8. The lowest BCUT2D eigenvalue weighted by atomic mass is 9.95. The molecule has 0 unspecified atom stereocenters. The van der Waals surface area contributed by atoms with Gasteiger partial charge >= 0.3 is 0 Å². The van der Waals surface area contributed by atoms with Crippen LogP contribution in [0.5, 0.6) is 0 Å². The Labute approximate surface area is 126 Å². The average Bonchev–Trinajstić information content (AvgIpc) is 2.36. The molecule has 2 rings (SSSR count). The smallest absolute Gasteiger partial charge is 0.229 e. The fourth-order valence-electron chi connectivity index (χ4n) is 2.46. The summed E-state index contributed by atoms with van der Waals surface area (Å²) in [5.74, 6) is 0.519. The third-order valence-electron chi connectivity index (χ3n) is 3.49. The first kappa shape index (κ1) is 15.8. The highest BCUT2D eigenvalue weighted by Crippen LogP contribution is 2.34. The Kier molecular flexibility index (Phi) is 4.23. The Morgan fingerprint density at radius 2 is 1.67 bits per heavy atom. The zero-order valence-corrected chi connectivity index (χ0v) is 14.0. The van der Waals surface area contributed by atoms with Crippen LogP contribution >= 0.6 is 0 Å². The van der Waals surface area contributed by atoms with Crippen LogP contribution in [0.25, 0.3) is 10.9 Å². The lowest BCUT2D eigenvalue weighted by Gasteiger charge is -2.18. The second-order valence-electron chi connectivity index (χ2n) is 6.02. The lowest BCUT2D eigenvalue weighted by molar-refractivity contribution is 0.606. The summed E-state index contributed by atoms with van der Waals surface area (Å²) in [6.45, 7) is 8.28. The van der Waals surface area contributed by atoms with E-state index in [1.54, 1.807) is 6.20 Å². The first-order valence-electron chi connectivity index (χ1n) is 7.10. The maximum Gasteiger partial charge on any atom is 0.229 e. The van der Waals surface area contributed by atoms with Crippen LogP contribution in [-0.4, -0.2) is 19.7 Å². The number of rotatable bonds is 4.